The highest BCUT2D eigenvalue weighted by Gasteiger charge is 2.22. The maximum Gasteiger partial charge on any atom is 0.493 e. The van der Waals surface area contributed by atoms with Gasteiger partial charge in [0.15, 0.2) is 0 Å². The molecule has 0 aliphatic heterocycles. The lowest BCUT2D eigenvalue weighted by atomic mass is 9.79. The zero-order valence-corrected chi connectivity index (χ0v) is 8.38. The predicted octanol–water partition coefficient (Wildman–Crippen LogP) is 0.277. The maximum atomic E-state index is 12.9. The second-order valence-corrected chi connectivity index (χ2v) is 3.14. The number of hydrogen-bond acceptors (Lipinski definition) is 3. The van der Waals surface area contributed by atoms with Crippen LogP contribution in [0.3, 0.4) is 0 Å². The van der Waals surface area contributed by atoms with Crippen molar-refractivity contribution in [2.75, 3.05) is 7.11 Å². The Morgan fingerprint density at radius 3 is 2.54 bits per heavy atom. The quantitative estimate of drug-likeness (QED) is 0.740. The van der Waals surface area contributed by atoms with E-state index >= 15 is 0 Å². The van der Waals surface area contributed by atoms with Gasteiger partial charge in [-0.1, -0.05) is 0 Å². The Morgan fingerprint density at radius 1 is 1.46 bits per heavy atom. The fourth-order valence-corrected chi connectivity index (χ4v) is 1.50. The van der Waals surface area contributed by atoms with Gasteiger partial charge in [-0.05, 0) is 28.1 Å². The molecule has 0 radical (unpaired) electrons. The van der Waals surface area contributed by atoms with Crippen molar-refractivity contribution in [1.29, 1.82) is 0 Å². The molecule has 0 heterocycles. The van der Waals surface area contributed by atoms with Gasteiger partial charge in [0.2, 0.25) is 0 Å². The standard InChI is InChI=1S/C7H7BBrFO3/c1-13-5-3-2-4(10)7(9)6(5)8(11)12/h2-3,11-12H,1H3. The molecule has 0 amide bonds. The first-order valence-corrected chi connectivity index (χ1v) is 4.25. The molecule has 0 aliphatic rings. The Kier molecular flexibility index (Phi) is 3.30. The van der Waals surface area contributed by atoms with Gasteiger partial charge in [0.1, 0.15) is 11.6 Å². The summed E-state index contributed by atoms with van der Waals surface area (Å²) in [5.74, 6) is -0.341. The SMILES string of the molecule is COc1ccc(F)c(Br)c1B(O)O. The summed E-state index contributed by atoms with van der Waals surface area (Å²) in [6.07, 6.45) is 0. The molecule has 70 valence electrons. The fourth-order valence-electron chi connectivity index (χ4n) is 0.967. The topological polar surface area (TPSA) is 49.7 Å². The van der Waals surface area contributed by atoms with E-state index in [9.17, 15) is 4.39 Å². The van der Waals surface area contributed by atoms with E-state index in [1.807, 2.05) is 0 Å². The summed E-state index contributed by atoms with van der Waals surface area (Å²) < 4.78 is 17.8. The highest BCUT2D eigenvalue weighted by atomic mass is 79.9. The molecule has 0 aromatic heterocycles. The van der Waals surface area contributed by atoms with Gasteiger partial charge in [0, 0.05) is 5.46 Å². The molecule has 13 heavy (non-hydrogen) atoms. The van der Waals surface area contributed by atoms with Crippen molar-refractivity contribution in [1.82, 2.24) is 0 Å². The number of rotatable bonds is 2. The number of benzene rings is 1. The Hall–Kier alpha value is -0.585. The van der Waals surface area contributed by atoms with Gasteiger partial charge < -0.3 is 14.8 Å². The van der Waals surface area contributed by atoms with Crippen LogP contribution in [0.4, 0.5) is 4.39 Å². The molecular formula is C7H7BBrFO3. The van der Waals surface area contributed by atoms with Crippen LogP contribution in [0.15, 0.2) is 16.6 Å². The zero-order chi connectivity index (χ0) is 10.0. The van der Waals surface area contributed by atoms with E-state index in [-0.39, 0.29) is 15.7 Å². The van der Waals surface area contributed by atoms with Crippen molar-refractivity contribution in [2.45, 2.75) is 0 Å². The van der Waals surface area contributed by atoms with Gasteiger partial charge in [-0.2, -0.15) is 0 Å². The minimum Gasteiger partial charge on any atom is -0.497 e. The molecule has 6 heteroatoms. The average Bonchev–Trinajstić information content (AvgIpc) is 2.08. The average molecular weight is 249 g/mol. The van der Waals surface area contributed by atoms with E-state index in [0.29, 0.717) is 0 Å². The third-order valence-corrected chi connectivity index (χ3v) is 2.38. The molecule has 0 bridgehead atoms. The Balaban J connectivity index is 3.32. The smallest absolute Gasteiger partial charge is 0.493 e. The lowest BCUT2D eigenvalue weighted by Crippen LogP contribution is -2.33. The van der Waals surface area contributed by atoms with Crippen LogP contribution in [0.2, 0.25) is 0 Å². The van der Waals surface area contributed by atoms with Crippen molar-refractivity contribution in [2.24, 2.45) is 0 Å². The van der Waals surface area contributed by atoms with E-state index in [1.165, 1.54) is 19.2 Å². The zero-order valence-electron chi connectivity index (χ0n) is 6.79. The van der Waals surface area contributed by atoms with E-state index in [0.717, 1.165) is 0 Å². The first kappa shape index (κ1) is 10.5. The minimum absolute atomic E-state index is 0.00171. The van der Waals surface area contributed by atoms with Gasteiger partial charge in [0.05, 0.1) is 11.6 Å². The third-order valence-electron chi connectivity index (χ3n) is 1.57. The summed E-state index contributed by atoms with van der Waals surface area (Å²) in [5, 5.41) is 17.8. The summed E-state index contributed by atoms with van der Waals surface area (Å²) in [4.78, 5) is 0. The van der Waals surface area contributed by atoms with Crippen LogP contribution in [0.25, 0.3) is 0 Å². The van der Waals surface area contributed by atoms with Crippen molar-refractivity contribution in [3.05, 3.63) is 22.4 Å². The van der Waals surface area contributed by atoms with Gasteiger partial charge in [-0.15, -0.1) is 0 Å². The first-order valence-electron chi connectivity index (χ1n) is 3.46. The van der Waals surface area contributed by atoms with Crippen molar-refractivity contribution in [3.8, 4) is 5.75 Å². The normalized spacial score (nSPS) is 9.92. The molecule has 0 fully saturated rings. The molecule has 3 nitrogen and oxygen atoms in total. The van der Waals surface area contributed by atoms with Crippen molar-refractivity contribution >= 4 is 28.5 Å². The summed E-state index contributed by atoms with van der Waals surface area (Å²) in [5.41, 5.74) is -0.0116. The Labute approximate surface area is 83.4 Å². The highest BCUT2D eigenvalue weighted by molar-refractivity contribution is 9.10. The van der Waals surface area contributed by atoms with Crippen LogP contribution >= 0.6 is 15.9 Å². The number of ether oxygens (including phenoxy) is 1. The van der Waals surface area contributed by atoms with Crippen LogP contribution in [0.5, 0.6) is 5.75 Å². The van der Waals surface area contributed by atoms with Gasteiger partial charge in [-0.3, -0.25) is 0 Å². The lowest BCUT2D eigenvalue weighted by Gasteiger charge is -2.09. The molecule has 0 spiro atoms. The van der Waals surface area contributed by atoms with E-state index < -0.39 is 12.9 Å². The minimum atomic E-state index is -1.76. The van der Waals surface area contributed by atoms with E-state index in [1.54, 1.807) is 0 Å². The van der Waals surface area contributed by atoms with Crippen molar-refractivity contribution < 1.29 is 19.2 Å². The summed E-state index contributed by atoms with van der Waals surface area (Å²) in [6, 6.07) is 2.50. The molecule has 0 atom stereocenters. The maximum absolute atomic E-state index is 12.9. The highest BCUT2D eigenvalue weighted by Crippen LogP contribution is 2.19. The lowest BCUT2D eigenvalue weighted by molar-refractivity contribution is 0.401. The largest absolute Gasteiger partial charge is 0.497 e. The number of methoxy groups -OCH3 is 1. The van der Waals surface area contributed by atoms with Gasteiger partial charge >= 0.3 is 7.12 Å². The third kappa shape index (κ3) is 2.01. The molecular weight excluding hydrogens is 242 g/mol. The Morgan fingerprint density at radius 2 is 2.08 bits per heavy atom. The molecule has 2 N–H and O–H groups in total. The van der Waals surface area contributed by atoms with Crippen LogP contribution in [-0.2, 0) is 0 Å². The monoisotopic (exact) mass is 248 g/mol. The summed E-state index contributed by atoms with van der Waals surface area (Å²) in [7, 11) is -0.397. The van der Waals surface area contributed by atoms with E-state index in [2.05, 4.69) is 15.9 Å². The van der Waals surface area contributed by atoms with Crippen LogP contribution in [-0.4, -0.2) is 24.3 Å². The van der Waals surface area contributed by atoms with Crippen molar-refractivity contribution in [3.63, 3.8) is 0 Å². The number of halogens is 2. The first-order chi connectivity index (χ1) is 6.07. The van der Waals surface area contributed by atoms with Gasteiger partial charge in [-0.25, -0.2) is 4.39 Å². The summed E-state index contributed by atoms with van der Waals surface area (Å²) >= 11 is 2.90. The van der Waals surface area contributed by atoms with Gasteiger partial charge in [0.25, 0.3) is 0 Å². The molecule has 0 saturated carbocycles. The summed E-state index contributed by atoms with van der Waals surface area (Å²) in [6.45, 7) is 0. The van der Waals surface area contributed by atoms with Crippen LogP contribution in [0, 0.1) is 5.82 Å². The van der Waals surface area contributed by atoms with Crippen LogP contribution < -0.4 is 10.2 Å². The molecule has 1 rings (SSSR count). The second kappa shape index (κ2) is 4.08. The molecule has 0 unspecified atom stereocenters. The molecule has 0 saturated heterocycles. The molecule has 1 aromatic carbocycles. The fraction of sp³-hybridized carbons (Fsp3) is 0.143. The Bertz CT molecular complexity index is 319. The van der Waals surface area contributed by atoms with Crippen LogP contribution in [0.1, 0.15) is 0 Å². The molecule has 1 aromatic rings. The molecule has 0 aliphatic carbocycles. The van der Waals surface area contributed by atoms with E-state index in [4.69, 9.17) is 14.8 Å². The number of hydrogen-bond donors (Lipinski definition) is 2. The predicted molar refractivity (Wildman–Crippen MR) is 50.5 cm³/mol. The second-order valence-electron chi connectivity index (χ2n) is 2.35.